The largest absolute Gasteiger partial charge is 0.493 e. The van der Waals surface area contributed by atoms with Crippen molar-refractivity contribution in [1.82, 2.24) is 4.90 Å². The van der Waals surface area contributed by atoms with Gasteiger partial charge in [-0.25, -0.2) is 8.42 Å². The monoisotopic (exact) mass is 407 g/mol. The van der Waals surface area contributed by atoms with Crippen LogP contribution in [0.15, 0.2) is 53.4 Å². The molecule has 0 aliphatic carbocycles. The molecule has 3 rings (SSSR count). The van der Waals surface area contributed by atoms with E-state index in [9.17, 15) is 8.42 Å². The molecule has 6 heteroatoms. The Kier molecular flexibility index (Phi) is 6.14. The highest BCUT2D eigenvalue weighted by atomic mass is 35.5. The second-order valence-electron chi connectivity index (χ2n) is 7.43. The van der Waals surface area contributed by atoms with E-state index in [1.54, 1.807) is 24.3 Å². The molecule has 1 fully saturated rings. The Bertz CT molecular complexity index is 883. The van der Waals surface area contributed by atoms with Crippen molar-refractivity contribution in [2.24, 2.45) is 5.92 Å². The van der Waals surface area contributed by atoms with Crippen LogP contribution in [0.5, 0.6) is 5.75 Å². The van der Waals surface area contributed by atoms with Crippen LogP contribution in [-0.4, -0.2) is 38.8 Å². The van der Waals surface area contributed by atoms with Gasteiger partial charge in [0.25, 0.3) is 0 Å². The van der Waals surface area contributed by atoms with E-state index in [1.807, 2.05) is 18.2 Å². The summed E-state index contributed by atoms with van der Waals surface area (Å²) >= 11 is 6.14. The van der Waals surface area contributed by atoms with Crippen LogP contribution >= 0.6 is 11.6 Å². The van der Waals surface area contributed by atoms with Crippen LogP contribution in [0.3, 0.4) is 0 Å². The van der Waals surface area contributed by atoms with Gasteiger partial charge in [0.05, 0.1) is 11.5 Å². The second-order valence-corrected chi connectivity index (χ2v) is 9.89. The van der Waals surface area contributed by atoms with Crippen molar-refractivity contribution < 1.29 is 13.2 Å². The molecule has 2 aromatic carbocycles. The number of sulfone groups is 1. The average Bonchev–Trinajstić information content (AvgIpc) is 2.99. The first-order chi connectivity index (χ1) is 12.7. The van der Waals surface area contributed by atoms with Crippen molar-refractivity contribution in [3.05, 3.63) is 59.1 Å². The van der Waals surface area contributed by atoms with Crippen molar-refractivity contribution >= 4 is 21.4 Å². The smallest absolute Gasteiger partial charge is 0.175 e. The number of likely N-dealkylation sites (tertiary alicyclic amines) is 1. The fourth-order valence-corrected chi connectivity index (χ4v) is 4.62. The Balaban J connectivity index is 1.58. The molecule has 1 heterocycles. The number of hydrogen-bond acceptors (Lipinski definition) is 4. The zero-order valence-electron chi connectivity index (χ0n) is 15.9. The van der Waals surface area contributed by atoms with E-state index in [4.69, 9.17) is 16.3 Å². The molecule has 2 aromatic rings. The van der Waals surface area contributed by atoms with Crippen molar-refractivity contribution in [2.45, 2.75) is 37.2 Å². The molecule has 3 atom stereocenters. The Labute approximate surface area is 167 Å². The Morgan fingerprint density at radius 1 is 1.22 bits per heavy atom. The number of benzene rings is 2. The van der Waals surface area contributed by atoms with Crippen molar-refractivity contribution in [3.8, 4) is 5.75 Å². The minimum absolute atomic E-state index is 0.303. The number of rotatable bonds is 6. The zero-order valence-corrected chi connectivity index (χ0v) is 17.5. The Morgan fingerprint density at radius 3 is 2.56 bits per heavy atom. The molecular formula is C21H26ClNO3S. The number of ether oxygens (including phenoxy) is 1. The SMILES string of the molecule is CC1CC(COc2ccc(S(C)(=O)=O)cc2)CN1C(C)c1cccc(Cl)c1. The molecule has 4 nitrogen and oxygen atoms in total. The lowest BCUT2D eigenvalue weighted by molar-refractivity contribution is 0.190. The molecule has 0 aromatic heterocycles. The fourth-order valence-electron chi connectivity index (χ4n) is 3.79. The summed E-state index contributed by atoms with van der Waals surface area (Å²) in [6.07, 6.45) is 2.28. The third-order valence-electron chi connectivity index (χ3n) is 5.28. The van der Waals surface area contributed by atoms with Crippen molar-refractivity contribution in [2.75, 3.05) is 19.4 Å². The first-order valence-corrected chi connectivity index (χ1v) is 11.4. The molecule has 1 saturated heterocycles. The van der Waals surface area contributed by atoms with Gasteiger partial charge in [-0.1, -0.05) is 23.7 Å². The van der Waals surface area contributed by atoms with Crippen LogP contribution in [0.1, 0.15) is 31.9 Å². The van der Waals surface area contributed by atoms with Gasteiger partial charge in [-0.15, -0.1) is 0 Å². The van der Waals surface area contributed by atoms with Gasteiger partial charge < -0.3 is 4.74 Å². The van der Waals surface area contributed by atoms with E-state index >= 15 is 0 Å². The molecule has 0 spiro atoms. The second kappa shape index (κ2) is 8.21. The highest BCUT2D eigenvalue weighted by Crippen LogP contribution is 2.33. The fraction of sp³-hybridized carbons (Fsp3) is 0.429. The lowest BCUT2D eigenvalue weighted by atomic mass is 10.1. The average molecular weight is 408 g/mol. The third kappa shape index (κ3) is 5.03. The predicted molar refractivity (Wildman–Crippen MR) is 109 cm³/mol. The summed E-state index contributed by atoms with van der Waals surface area (Å²) in [6, 6.07) is 15.5. The zero-order chi connectivity index (χ0) is 19.6. The van der Waals surface area contributed by atoms with Crippen LogP contribution in [0.25, 0.3) is 0 Å². The van der Waals surface area contributed by atoms with Gasteiger partial charge in [0.15, 0.2) is 9.84 Å². The molecular weight excluding hydrogens is 382 g/mol. The summed E-state index contributed by atoms with van der Waals surface area (Å²) in [4.78, 5) is 2.80. The molecule has 146 valence electrons. The molecule has 0 saturated carbocycles. The standard InChI is InChI=1S/C21H26ClNO3S/c1-15-11-17(13-23(15)16(2)18-5-4-6-19(22)12-18)14-26-20-7-9-21(10-8-20)27(3,24)25/h4-10,12,15-17H,11,13-14H2,1-3H3. The van der Waals surface area contributed by atoms with Gasteiger partial charge in [-0.2, -0.15) is 0 Å². The van der Waals surface area contributed by atoms with Gasteiger partial charge in [-0.3, -0.25) is 4.90 Å². The first-order valence-electron chi connectivity index (χ1n) is 9.18. The lowest BCUT2D eigenvalue weighted by Crippen LogP contribution is -2.30. The summed E-state index contributed by atoms with van der Waals surface area (Å²) < 4.78 is 29.0. The van der Waals surface area contributed by atoms with E-state index in [1.165, 1.54) is 11.8 Å². The molecule has 0 amide bonds. The molecule has 0 bridgehead atoms. The number of nitrogens with zero attached hydrogens (tertiary/aromatic N) is 1. The minimum atomic E-state index is -3.18. The number of halogens is 1. The normalized spacial score (nSPS) is 21.9. The maximum absolute atomic E-state index is 11.5. The Hall–Kier alpha value is -1.56. The highest BCUT2D eigenvalue weighted by Gasteiger charge is 2.33. The maximum atomic E-state index is 11.5. The van der Waals surface area contributed by atoms with Gasteiger partial charge in [0.1, 0.15) is 5.75 Å². The van der Waals surface area contributed by atoms with E-state index in [-0.39, 0.29) is 0 Å². The highest BCUT2D eigenvalue weighted by molar-refractivity contribution is 7.90. The van der Waals surface area contributed by atoms with E-state index in [0.29, 0.717) is 35.3 Å². The van der Waals surface area contributed by atoms with Crippen LogP contribution in [0.2, 0.25) is 5.02 Å². The van der Waals surface area contributed by atoms with Gasteiger partial charge >= 0.3 is 0 Å². The van der Waals surface area contributed by atoms with E-state index in [2.05, 4.69) is 24.8 Å². The molecule has 0 N–H and O–H groups in total. The summed E-state index contributed by atoms with van der Waals surface area (Å²) in [6.45, 7) is 6.06. The van der Waals surface area contributed by atoms with E-state index < -0.39 is 9.84 Å². The molecule has 27 heavy (non-hydrogen) atoms. The topological polar surface area (TPSA) is 46.6 Å². The first kappa shape index (κ1) is 20.2. The molecule has 1 aliphatic rings. The van der Waals surface area contributed by atoms with Gasteiger partial charge in [0.2, 0.25) is 0 Å². The minimum Gasteiger partial charge on any atom is -0.493 e. The summed E-state index contributed by atoms with van der Waals surface area (Å²) in [5, 5.41) is 0.767. The van der Waals surface area contributed by atoms with Gasteiger partial charge in [-0.05, 0) is 62.2 Å². The van der Waals surface area contributed by atoms with Crippen molar-refractivity contribution in [1.29, 1.82) is 0 Å². The van der Waals surface area contributed by atoms with E-state index in [0.717, 1.165) is 18.0 Å². The van der Waals surface area contributed by atoms with Crippen LogP contribution < -0.4 is 4.74 Å². The molecule has 0 radical (unpaired) electrons. The lowest BCUT2D eigenvalue weighted by Gasteiger charge is -2.29. The summed E-state index contributed by atoms with van der Waals surface area (Å²) in [5.41, 5.74) is 1.23. The summed E-state index contributed by atoms with van der Waals surface area (Å²) in [5.74, 6) is 1.15. The third-order valence-corrected chi connectivity index (χ3v) is 6.64. The maximum Gasteiger partial charge on any atom is 0.175 e. The molecule has 1 aliphatic heterocycles. The Morgan fingerprint density at radius 2 is 1.93 bits per heavy atom. The van der Waals surface area contributed by atoms with Crippen LogP contribution in [0, 0.1) is 5.92 Å². The van der Waals surface area contributed by atoms with Crippen molar-refractivity contribution in [3.63, 3.8) is 0 Å². The summed E-state index contributed by atoms with van der Waals surface area (Å²) in [7, 11) is -3.18. The quantitative estimate of drug-likeness (QED) is 0.702. The van der Waals surface area contributed by atoms with Crippen LogP contribution in [0.4, 0.5) is 0 Å². The van der Waals surface area contributed by atoms with Crippen LogP contribution in [-0.2, 0) is 9.84 Å². The predicted octanol–water partition coefficient (Wildman–Crippen LogP) is 4.59. The molecule has 3 unspecified atom stereocenters. The number of hydrogen-bond donors (Lipinski definition) is 0. The van der Waals surface area contributed by atoms with Gasteiger partial charge in [0, 0.05) is 35.8 Å².